The molecule has 1 atom stereocenters. The van der Waals surface area contributed by atoms with Gasteiger partial charge in [0.2, 0.25) is 5.91 Å². The maximum absolute atomic E-state index is 11.8. The van der Waals surface area contributed by atoms with Gasteiger partial charge in [0.1, 0.15) is 6.54 Å². The van der Waals surface area contributed by atoms with E-state index >= 15 is 0 Å². The van der Waals surface area contributed by atoms with E-state index < -0.39 is 0 Å². The molecule has 0 aliphatic carbocycles. The number of piperidine rings is 1. The summed E-state index contributed by atoms with van der Waals surface area (Å²) in [6.45, 7) is 6.54. The summed E-state index contributed by atoms with van der Waals surface area (Å²) in [6.07, 6.45) is 3.15. The van der Waals surface area contributed by atoms with Crippen LogP contribution in [0.25, 0.3) is 0 Å². The van der Waals surface area contributed by atoms with Crippen molar-refractivity contribution in [1.82, 2.24) is 15.5 Å². The second kappa shape index (κ2) is 11.6. The Morgan fingerprint density at radius 2 is 2.12 bits per heavy atom. The second-order valence-corrected chi connectivity index (χ2v) is 7.69. The third-order valence-electron chi connectivity index (χ3n) is 4.52. The van der Waals surface area contributed by atoms with Crippen molar-refractivity contribution >= 4 is 52.2 Å². The molecule has 2 heterocycles. The van der Waals surface area contributed by atoms with Crippen molar-refractivity contribution in [2.24, 2.45) is 4.99 Å². The van der Waals surface area contributed by atoms with Crippen LogP contribution < -0.4 is 15.5 Å². The highest BCUT2D eigenvalue weighted by Crippen LogP contribution is 2.24. The van der Waals surface area contributed by atoms with Crippen LogP contribution in [-0.4, -0.2) is 62.6 Å². The molecule has 1 aliphatic rings. The van der Waals surface area contributed by atoms with Crippen LogP contribution in [0.5, 0.6) is 0 Å². The Morgan fingerprint density at radius 1 is 1.42 bits per heavy atom. The van der Waals surface area contributed by atoms with Gasteiger partial charge in [-0.3, -0.25) is 4.79 Å². The third-order valence-corrected chi connectivity index (χ3v) is 5.45. The van der Waals surface area contributed by atoms with Crippen LogP contribution in [0, 0.1) is 0 Å². The van der Waals surface area contributed by atoms with Crippen molar-refractivity contribution in [2.75, 3.05) is 38.6 Å². The topological polar surface area (TPSA) is 60.0 Å². The van der Waals surface area contributed by atoms with E-state index in [4.69, 9.17) is 0 Å². The Balaban J connectivity index is 0.00000338. The first-order valence-electron chi connectivity index (χ1n) is 9.05. The molecule has 1 aromatic rings. The van der Waals surface area contributed by atoms with Gasteiger partial charge in [0.05, 0.1) is 5.00 Å². The minimum Gasteiger partial charge on any atom is -0.363 e. The molecule has 2 rings (SSSR count). The zero-order valence-electron chi connectivity index (χ0n) is 16.2. The van der Waals surface area contributed by atoms with Crippen LogP contribution in [0.3, 0.4) is 0 Å². The smallest absolute Gasteiger partial charge is 0.243 e. The Kier molecular flexibility index (Phi) is 10.3. The third kappa shape index (κ3) is 7.30. The number of guanidine groups is 1. The molecular formula is C18H32IN5OS. The van der Waals surface area contributed by atoms with Gasteiger partial charge < -0.3 is 20.4 Å². The first kappa shape index (κ1) is 23.0. The molecule has 0 radical (unpaired) electrons. The van der Waals surface area contributed by atoms with Gasteiger partial charge in [-0.2, -0.15) is 0 Å². The maximum atomic E-state index is 11.8. The normalized spacial score (nSPS) is 16.6. The predicted molar refractivity (Wildman–Crippen MR) is 122 cm³/mol. The molecular weight excluding hydrogens is 461 g/mol. The number of amides is 1. The molecule has 8 heteroatoms. The number of thiophene rings is 1. The molecule has 1 aromatic heterocycles. The number of halogens is 1. The van der Waals surface area contributed by atoms with Gasteiger partial charge in [-0.05, 0) is 43.7 Å². The zero-order chi connectivity index (χ0) is 18.2. The average Bonchev–Trinajstić information content (AvgIpc) is 3.14. The zero-order valence-corrected chi connectivity index (χ0v) is 19.3. The van der Waals surface area contributed by atoms with E-state index in [9.17, 15) is 4.79 Å². The van der Waals surface area contributed by atoms with Gasteiger partial charge in [0.15, 0.2) is 5.96 Å². The van der Waals surface area contributed by atoms with E-state index in [-0.39, 0.29) is 36.4 Å². The number of nitrogens with one attached hydrogen (secondary N) is 2. The molecule has 1 fully saturated rings. The molecule has 1 aliphatic heterocycles. The van der Waals surface area contributed by atoms with Crippen LogP contribution in [0.4, 0.5) is 5.00 Å². The summed E-state index contributed by atoms with van der Waals surface area (Å²) in [7, 11) is 3.51. The van der Waals surface area contributed by atoms with Crippen molar-refractivity contribution in [2.45, 2.75) is 45.2 Å². The first-order chi connectivity index (χ1) is 12.0. The number of nitrogens with zero attached hydrogens (tertiary/aromatic N) is 3. The number of aliphatic imine (C=N–C) groups is 1. The molecule has 1 amide bonds. The molecule has 2 N–H and O–H groups in total. The van der Waals surface area contributed by atoms with E-state index in [1.807, 2.05) is 0 Å². The lowest BCUT2D eigenvalue weighted by atomic mass is 10.1. The molecule has 1 saturated heterocycles. The van der Waals surface area contributed by atoms with E-state index in [0.29, 0.717) is 12.1 Å². The Hall–Kier alpha value is -1.03. The summed E-state index contributed by atoms with van der Waals surface area (Å²) in [6, 6.07) is 5.00. The highest BCUT2D eigenvalue weighted by Gasteiger charge is 2.21. The molecule has 0 bridgehead atoms. The number of rotatable bonds is 6. The van der Waals surface area contributed by atoms with Crippen LogP contribution in [0.1, 0.15) is 33.1 Å². The van der Waals surface area contributed by atoms with E-state index in [0.717, 1.165) is 38.3 Å². The number of carbonyl (C=O) groups excluding carboxylic acids is 1. The van der Waals surface area contributed by atoms with Crippen molar-refractivity contribution in [3.05, 3.63) is 17.5 Å². The Bertz CT molecular complexity index is 556. The highest BCUT2D eigenvalue weighted by atomic mass is 127. The summed E-state index contributed by atoms with van der Waals surface area (Å²) in [5, 5.41) is 10.4. The van der Waals surface area contributed by atoms with Crippen LogP contribution >= 0.6 is 35.3 Å². The van der Waals surface area contributed by atoms with Gasteiger partial charge in [-0.25, -0.2) is 4.99 Å². The van der Waals surface area contributed by atoms with E-state index in [1.165, 1.54) is 5.00 Å². The Morgan fingerprint density at radius 3 is 2.65 bits per heavy atom. The van der Waals surface area contributed by atoms with Gasteiger partial charge in [0.25, 0.3) is 0 Å². The second-order valence-electron chi connectivity index (χ2n) is 6.76. The van der Waals surface area contributed by atoms with Crippen molar-refractivity contribution in [1.29, 1.82) is 0 Å². The predicted octanol–water partition coefficient (Wildman–Crippen LogP) is 2.76. The fourth-order valence-corrected chi connectivity index (χ4v) is 3.43. The molecule has 0 spiro atoms. The van der Waals surface area contributed by atoms with Crippen molar-refractivity contribution in [3.8, 4) is 0 Å². The first-order valence-corrected chi connectivity index (χ1v) is 9.93. The average molecular weight is 493 g/mol. The lowest BCUT2D eigenvalue weighted by molar-refractivity contribution is -0.127. The lowest BCUT2D eigenvalue weighted by Gasteiger charge is -2.34. The molecule has 0 aromatic carbocycles. The largest absolute Gasteiger partial charge is 0.363 e. The molecule has 0 saturated carbocycles. The fraction of sp³-hybridized carbons (Fsp3) is 0.667. The number of hydrogen-bond donors (Lipinski definition) is 2. The summed E-state index contributed by atoms with van der Waals surface area (Å²) in [4.78, 5) is 20.3. The van der Waals surface area contributed by atoms with Gasteiger partial charge >= 0.3 is 0 Å². The fourth-order valence-electron chi connectivity index (χ4n) is 2.64. The van der Waals surface area contributed by atoms with Gasteiger partial charge in [0, 0.05) is 39.3 Å². The van der Waals surface area contributed by atoms with Gasteiger partial charge in [-0.1, -0.05) is 6.92 Å². The number of likely N-dealkylation sites (N-methyl/N-ethyl adjacent to an activating group) is 1. The number of carbonyl (C=O) groups is 1. The lowest BCUT2D eigenvalue weighted by Crippen LogP contribution is -2.50. The number of hydrogen-bond acceptors (Lipinski definition) is 4. The maximum Gasteiger partial charge on any atom is 0.243 e. The van der Waals surface area contributed by atoms with E-state index in [2.05, 4.69) is 51.9 Å². The molecule has 6 nitrogen and oxygen atoms in total. The van der Waals surface area contributed by atoms with Crippen LogP contribution in [0.15, 0.2) is 22.5 Å². The highest BCUT2D eigenvalue weighted by molar-refractivity contribution is 14.0. The van der Waals surface area contributed by atoms with Gasteiger partial charge in [-0.15, -0.1) is 35.3 Å². The molecule has 26 heavy (non-hydrogen) atoms. The molecule has 1 unspecified atom stereocenters. The minimum atomic E-state index is 0. The monoisotopic (exact) mass is 493 g/mol. The van der Waals surface area contributed by atoms with Crippen molar-refractivity contribution < 1.29 is 4.79 Å². The minimum absolute atomic E-state index is 0. The number of anilines is 1. The Labute approximate surface area is 178 Å². The summed E-state index contributed by atoms with van der Waals surface area (Å²) in [5.41, 5.74) is 0. The SMILES string of the molecule is CCC(C)NC(=NCC(=O)N(C)C)NC1CCN(c2cccs2)CC1.I. The summed E-state index contributed by atoms with van der Waals surface area (Å²) >= 11 is 1.80. The summed E-state index contributed by atoms with van der Waals surface area (Å²) in [5.74, 6) is 0.761. The molecule has 148 valence electrons. The standard InChI is InChI=1S/C18H31N5OS.HI/c1-5-14(2)20-18(19-13-16(24)22(3)4)21-15-8-10-23(11-9-15)17-7-6-12-25-17;/h6-7,12,14-15H,5,8-11,13H2,1-4H3,(H2,19,20,21);1H. The summed E-state index contributed by atoms with van der Waals surface area (Å²) < 4.78 is 0. The quantitative estimate of drug-likeness (QED) is 0.364. The van der Waals surface area contributed by atoms with Crippen molar-refractivity contribution in [3.63, 3.8) is 0 Å². The van der Waals surface area contributed by atoms with Crippen LogP contribution in [-0.2, 0) is 4.79 Å². The van der Waals surface area contributed by atoms with E-state index in [1.54, 1.807) is 30.3 Å². The van der Waals surface area contributed by atoms with Crippen LogP contribution in [0.2, 0.25) is 0 Å².